The SMILES string of the molecule is O=C1[C@@H]2[C@H](C(=O)N1Cc1ccco1)[C@H]1c3ccccc3[C@H]2[C@H]2C=CC=C[C@@H]21. The third kappa shape index (κ3) is 1.88. The number of hydrogen-bond acceptors (Lipinski definition) is 3. The Hall–Kier alpha value is -2.88. The normalized spacial score (nSPS) is 35.3. The van der Waals surface area contributed by atoms with Crippen molar-refractivity contribution in [3.05, 3.63) is 83.9 Å². The van der Waals surface area contributed by atoms with Crippen LogP contribution in [-0.4, -0.2) is 16.7 Å². The zero-order chi connectivity index (χ0) is 18.1. The first kappa shape index (κ1) is 15.2. The van der Waals surface area contributed by atoms with E-state index in [-0.39, 0.29) is 53.9 Å². The van der Waals surface area contributed by atoms with Crippen molar-refractivity contribution in [2.45, 2.75) is 18.4 Å². The largest absolute Gasteiger partial charge is 0.467 e. The molecule has 1 aliphatic heterocycles. The summed E-state index contributed by atoms with van der Waals surface area (Å²) in [5.74, 6) is 0.778. The smallest absolute Gasteiger partial charge is 0.234 e. The van der Waals surface area contributed by atoms with Crippen LogP contribution in [0, 0.1) is 23.7 Å². The van der Waals surface area contributed by atoms with Crippen LogP contribution in [0.1, 0.15) is 28.7 Å². The summed E-state index contributed by atoms with van der Waals surface area (Å²) in [6.07, 6.45) is 10.2. The second kappa shape index (κ2) is 5.32. The number of carbonyl (C=O) groups is 2. The first-order chi connectivity index (χ1) is 13.3. The summed E-state index contributed by atoms with van der Waals surface area (Å²) in [5.41, 5.74) is 2.51. The summed E-state index contributed by atoms with van der Waals surface area (Å²) in [5, 5.41) is 0. The molecule has 4 heteroatoms. The Kier molecular flexibility index (Phi) is 2.99. The van der Waals surface area contributed by atoms with E-state index in [0.717, 1.165) is 0 Å². The maximum atomic E-state index is 13.4. The molecule has 2 heterocycles. The minimum Gasteiger partial charge on any atom is -0.467 e. The van der Waals surface area contributed by atoms with E-state index in [1.165, 1.54) is 16.0 Å². The first-order valence-corrected chi connectivity index (χ1v) is 9.57. The second-order valence-corrected chi connectivity index (χ2v) is 8.00. The van der Waals surface area contributed by atoms with Crippen LogP contribution in [0.2, 0.25) is 0 Å². The van der Waals surface area contributed by atoms with Crippen molar-refractivity contribution in [2.24, 2.45) is 23.7 Å². The number of benzene rings is 1. The molecule has 1 saturated heterocycles. The van der Waals surface area contributed by atoms with Gasteiger partial charge in [-0.05, 0) is 35.1 Å². The quantitative estimate of drug-likeness (QED) is 0.771. The summed E-state index contributed by atoms with van der Waals surface area (Å²) in [7, 11) is 0. The highest BCUT2D eigenvalue weighted by Gasteiger charge is 2.64. The molecular formula is C23H19NO3. The third-order valence-corrected chi connectivity index (χ3v) is 6.92. The van der Waals surface area contributed by atoms with Gasteiger partial charge in [0.2, 0.25) is 11.8 Å². The van der Waals surface area contributed by atoms with Gasteiger partial charge in [0.05, 0.1) is 24.6 Å². The number of allylic oxidation sites excluding steroid dienone is 4. The molecule has 2 amide bonds. The Bertz CT molecular complexity index is 939. The molecule has 1 aromatic carbocycles. The number of likely N-dealkylation sites (tertiary alicyclic amines) is 1. The minimum absolute atomic E-state index is 0.0349. The molecule has 1 aromatic heterocycles. The highest BCUT2D eigenvalue weighted by Crippen LogP contribution is 2.64. The molecule has 0 unspecified atom stereocenters. The average Bonchev–Trinajstić information content (AvgIpc) is 3.31. The zero-order valence-electron chi connectivity index (χ0n) is 14.7. The molecule has 4 nitrogen and oxygen atoms in total. The summed E-state index contributed by atoms with van der Waals surface area (Å²) >= 11 is 0. The highest BCUT2D eigenvalue weighted by atomic mass is 16.3. The van der Waals surface area contributed by atoms with Crippen LogP contribution in [0.3, 0.4) is 0 Å². The summed E-state index contributed by atoms with van der Waals surface area (Å²) in [6, 6.07) is 12.0. The molecule has 0 N–H and O–H groups in total. The maximum Gasteiger partial charge on any atom is 0.234 e. The van der Waals surface area contributed by atoms with Gasteiger partial charge in [0.15, 0.2) is 0 Å². The standard InChI is InChI=1S/C23H19NO3/c25-22-20-18-14-7-1-2-8-15(14)19(17-10-4-3-9-16(17)18)21(20)23(26)24(22)12-13-6-5-11-27-13/h1-11,14-15,18-21H,12H2/t14-,15-,18+,19+,20-,21+/m0/s1. The Balaban J connectivity index is 1.49. The lowest BCUT2D eigenvalue weighted by Gasteiger charge is -2.53. The lowest BCUT2D eigenvalue weighted by molar-refractivity contribution is -0.141. The van der Waals surface area contributed by atoms with Crippen molar-refractivity contribution in [2.75, 3.05) is 0 Å². The molecule has 2 fully saturated rings. The van der Waals surface area contributed by atoms with Crippen LogP contribution in [0.15, 0.2) is 71.4 Å². The van der Waals surface area contributed by atoms with Gasteiger partial charge < -0.3 is 4.42 Å². The third-order valence-electron chi connectivity index (χ3n) is 6.92. The molecule has 2 bridgehead atoms. The Labute approximate surface area is 157 Å². The van der Waals surface area contributed by atoms with Crippen LogP contribution >= 0.6 is 0 Å². The van der Waals surface area contributed by atoms with E-state index < -0.39 is 0 Å². The molecule has 4 aliphatic carbocycles. The van der Waals surface area contributed by atoms with Crippen LogP contribution in [-0.2, 0) is 16.1 Å². The topological polar surface area (TPSA) is 50.5 Å². The second-order valence-electron chi connectivity index (χ2n) is 8.00. The predicted molar refractivity (Wildman–Crippen MR) is 98.4 cm³/mol. The number of carbonyl (C=O) groups excluding carboxylic acids is 2. The Morgan fingerprint density at radius 3 is 1.89 bits per heavy atom. The fourth-order valence-corrected chi connectivity index (χ4v) is 6.00. The molecule has 27 heavy (non-hydrogen) atoms. The van der Waals surface area contributed by atoms with Crippen molar-refractivity contribution in [3.8, 4) is 0 Å². The number of hydrogen-bond donors (Lipinski definition) is 0. The van der Waals surface area contributed by atoms with Crippen LogP contribution in [0.25, 0.3) is 0 Å². The van der Waals surface area contributed by atoms with E-state index in [0.29, 0.717) is 5.76 Å². The molecule has 1 saturated carbocycles. The van der Waals surface area contributed by atoms with Gasteiger partial charge in [-0.1, -0.05) is 48.6 Å². The van der Waals surface area contributed by atoms with E-state index in [9.17, 15) is 9.59 Å². The molecule has 134 valence electrons. The first-order valence-electron chi connectivity index (χ1n) is 9.57. The van der Waals surface area contributed by atoms with Gasteiger partial charge in [0.1, 0.15) is 5.76 Å². The van der Waals surface area contributed by atoms with Gasteiger partial charge in [-0.25, -0.2) is 0 Å². The molecular weight excluding hydrogens is 338 g/mol. The van der Waals surface area contributed by atoms with Crippen molar-refractivity contribution in [1.82, 2.24) is 4.90 Å². The summed E-state index contributed by atoms with van der Waals surface area (Å²) in [4.78, 5) is 28.2. The van der Waals surface area contributed by atoms with E-state index in [1.54, 1.807) is 12.3 Å². The predicted octanol–water partition coefficient (Wildman–Crippen LogP) is 3.63. The van der Waals surface area contributed by atoms with Crippen LogP contribution in [0.5, 0.6) is 0 Å². The van der Waals surface area contributed by atoms with Crippen LogP contribution < -0.4 is 0 Å². The molecule has 0 spiro atoms. The summed E-state index contributed by atoms with van der Waals surface area (Å²) < 4.78 is 5.40. The van der Waals surface area contributed by atoms with E-state index in [4.69, 9.17) is 4.42 Å². The van der Waals surface area contributed by atoms with Gasteiger partial charge in [-0.2, -0.15) is 0 Å². The van der Waals surface area contributed by atoms with Gasteiger partial charge in [-0.3, -0.25) is 14.5 Å². The van der Waals surface area contributed by atoms with Crippen molar-refractivity contribution >= 4 is 11.8 Å². The number of rotatable bonds is 2. The van der Waals surface area contributed by atoms with Crippen LogP contribution in [0.4, 0.5) is 0 Å². The number of nitrogens with zero attached hydrogens (tertiary/aromatic N) is 1. The monoisotopic (exact) mass is 357 g/mol. The Morgan fingerprint density at radius 2 is 1.37 bits per heavy atom. The highest BCUT2D eigenvalue weighted by molar-refractivity contribution is 6.06. The Morgan fingerprint density at radius 1 is 0.778 bits per heavy atom. The zero-order valence-corrected chi connectivity index (χ0v) is 14.7. The molecule has 0 radical (unpaired) electrons. The van der Waals surface area contributed by atoms with Gasteiger partial charge in [0.25, 0.3) is 0 Å². The van der Waals surface area contributed by atoms with E-state index in [2.05, 4.69) is 36.4 Å². The van der Waals surface area contributed by atoms with Crippen molar-refractivity contribution in [1.29, 1.82) is 0 Å². The fourth-order valence-electron chi connectivity index (χ4n) is 6.00. The number of imide groups is 1. The lowest BCUT2D eigenvalue weighted by atomic mass is 9.48. The maximum absolute atomic E-state index is 13.4. The van der Waals surface area contributed by atoms with Gasteiger partial charge in [0, 0.05) is 11.8 Å². The lowest BCUT2D eigenvalue weighted by Crippen LogP contribution is -2.49. The minimum atomic E-state index is -0.259. The summed E-state index contributed by atoms with van der Waals surface area (Å²) in [6.45, 7) is 0.231. The molecule has 5 aliphatic rings. The number of furan rings is 1. The molecule has 7 rings (SSSR count). The van der Waals surface area contributed by atoms with Crippen molar-refractivity contribution < 1.29 is 14.0 Å². The van der Waals surface area contributed by atoms with Gasteiger partial charge in [-0.15, -0.1) is 0 Å². The number of amides is 2. The van der Waals surface area contributed by atoms with Crippen molar-refractivity contribution in [3.63, 3.8) is 0 Å². The van der Waals surface area contributed by atoms with E-state index >= 15 is 0 Å². The molecule has 6 atom stereocenters. The fraction of sp³-hybridized carbons (Fsp3) is 0.304. The molecule has 2 aromatic rings. The van der Waals surface area contributed by atoms with Gasteiger partial charge >= 0.3 is 0 Å². The average molecular weight is 357 g/mol. The van der Waals surface area contributed by atoms with E-state index in [1.807, 2.05) is 18.2 Å².